The number of benzene rings is 2. The van der Waals surface area contributed by atoms with Crippen molar-refractivity contribution in [2.75, 3.05) is 11.9 Å². The predicted octanol–water partition coefficient (Wildman–Crippen LogP) is 5.35. The number of halogens is 2. The van der Waals surface area contributed by atoms with Crippen LogP contribution in [0.5, 0.6) is 0 Å². The Morgan fingerprint density at radius 3 is 2.38 bits per heavy atom. The van der Waals surface area contributed by atoms with Gasteiger partial charge in [0.25, 0.3) is 0 Å². The number of nitrogens with zero attached hydrogens (tertiary/aromatic N) is 1. The predicted molar refractivity (Wildman–Crippen MR) is 93.0 cm³/mol. The Hall–Kier alpha value is -1.03. The zero-order chi connectivity index (χ0) is 15.6. The van der Waals surface area contributed by atoms with Crippen LogP contribution in [0.2, 0.25) is 5.02 Å². The van der Waals surface area contributed by atoms with Crippen LogP contribution in [0.25, 0.3) is 0 Å². The van der Waals surface area contributed by atoms with Gasteiger partial charge in [-0.1, -0.05) is 29.8 Å². The van der Waals surface area contributed by atoms with Gasteiger partial charge in [0.15, 0.2) is 0 Å². The molecule has 0 aliphatic heterocycles. The molecule has 1 unspecified atom stereocenters. The summed E-state index contributed by atoms with van der Waals surface area (Å²) in [6.45, 7) is 3.90. The minimum Gasteiger partial charge on any atom is -0.389 e. The van der Waals surface area contributed by atoms with E-state index in [0.29, 0.717) is 0 Å². The summed E-state index contributed by atoms with van der Waals surface area (Å²) in [5.74, 6) is 0. The maximum absolute atomic E-state index is 9.65. The van der Waals surface area contributed by atoms with Gasteiger partial charge in [0.1, 0.15) is 0 Å². The lowest BCUT2D eigenvalue weighted by atomic mass is 10.1. The molecule has 2 atom stereocenters. The molecule has 4 heteroatoms. The van der Waals surface area contributed by atoms with Gasteiger partial charge in [-0.3, -0.25) is 0 Å². The zero-order valence-electron chi connectivity index (χ0n) is 12.3. The third kappa shape index (κ3) is 3.79. The van der Waals surface area contributed by atoms with Crippen LogP contribution in [0.3, 0.4) is 0 Å². The summed E-state index contributed by atoms with van der Waals surface area (Å²) in [5.41, 5.74) is 3.14. The minimum absolute atomic E-state index is 0.192. The molecule has 0 heterocycles. The molecule has 0 radical (unpaired) electrons. The highest BCUT2D eigenvalue weighted by atomic mass is 79.9. The molecule has 2 nitrogen and oxygen atoms in total. The zero-order valence-corrected chi connectivity index (χ0v) is 14.7. The topological polar surface area (TPSA) is 23.5 Å². The highest BCUT2D eigenvalue weighted by Crippen LogP contribution is 2.33. The molecule has 21 heavy (non-hydrogen) atoms. The Morgan fingerprint density at radius 2 is 1.81 bits per heavy atom. The smallest absolute Gasteiger partial charge is 0.0762 e. The van der Waals surface area contributed by atoms with Crippen LogP contribution < -0.4 is 4.90 Å². The molecule has 0 fully saturated rings. The Morgan fingerprint density at radius 1 is 1.10 bits per heavy atom. The number of rotatable bonds is 4. The lowest BCUT2D eigenvalue weighted by molar-refractivity contribution is 0.199. The average Bonchev–Trinajstić information content (AvgIpc) is 2.45. The highest BCUT2D eigenvalue weighted by molar-refractivity contribution is 9.10. The molecule has 2 aromatic carbocycles. The first-order valence-electron chi connectivity index (χ1n) is 6.86. The first-order chi connectivity index (χ1) is 9.90. The molecule has 0 spiro atoms. The SMILES string of the molecule is CC(c1cccc(Cl)c1)N(C)c1ccc([C@@H](C)O)cc1Br. The third-order valence-electron chi connectivity index (χ3n) is 3.75. The number of aliphatic hydroxyl groups excluding tert-OH is 1. The van der Waals surface area contributed by atoms with E-state index >= 15 is 0 Å². The van der Waals surface area contributed by atoms with Crippen LogP contribution in [0, 0.1) is 0 Å². The van der Waals surface area contributed by atoms with E-state index in [1.54, 1.807) is 6.92 Å². The Kier molecular flexibility index (Phi) is 5.31. The van der Waals surface area contributed by atoms with Gasteiger partial charge >= 0.3 is 0 Å². The fraction of sp³-hybridized carbons (Fsp3) is 0.294. The van der Waals surface area contributed by atoms with Crippen LogP contribution in [0.15, 0.2) is 46.9 Å². The second-order valence-electron chi connectivity index (χ2n) is 5.23. The molecule has 0 saturated heterocycles. The molecule has 2 rings (SSSR count). The third-order valence-corrected chi connectivity index (χ3v) is 4.62. The van der Waals surface area contributed by atoms with Crippen molar-refractivity contribution in [2.45, 2.75) is 26.0 Å². The molecule has 0 bridgehead atoms. The van der Waals surface area contributed by atoms with Crippen molar-refractivity contribution in [1.29, 1.82) is 0 Å². The van der Waals surface area contributed by atoms with E-state index in [4.69, 9.17) is 11.6 Å². The summed E-state index contributed by atoms with van der Waals surface area (Å²) in [5, 5.41) is 10.4. The monoisotopic (exact) mass is 367 g/mol. The van der Waals surface area contributed by atoms with E-state index in [0.717, 1.165) is 26.3 Å². The summed E-state index contributed by atoms with van der Waals surface area (Å²) >= 11 is 9.66. The molecular formula is C17H19BrClNO. The molecular weight excluding hydrogens is 350 g/mol. The summed E-state index contributed by atoms with van der Waals surface area (Å²) in [6.07, 6.45) is -0.467. The summed E-state index contributed by atoms with van der Waals surface area (Å²) in [4.78, 5) is 2.18. The van der Waals surface area contributed by atoms with E-state index in [1.165, 1.54) is 0 Å². The van der Waals surface area contributed by atoms with Gasteiger partial charge in [-0.05, 0) is 65.2 Å². The molecule has 112 valence electrons. The van der Waals surface area contributed by atoms with Gasteiger partial charge in [0, 0.05) is 16.5 Å². The Bertz CT molecular complexity index is 630. The van der Waals surface area contributed by atoms with Gasteiger partial charge in [-0.2, -0.15) is 0 Å². The van der Waals surface area contributed by atoms with E-state index in [9.17, 15) is 5.11 Å². The molecule has 0 saturated carbocycles. The van der Waals surface area contributed by atoms with Crippen LogP contribution in [0.1, 0.15) is 37.1 Å². The van der Waals surface area contributed by atoms with Crippen LogP contribution in [-0.2, 0) is 0 Å². The highest BCUT2D eigenvalue weighted by Gasteiger charge is 2.16. The molecule has 1 N–H and O–H groups in total. The first-order valence-corrected chi connectivity index (χ1v) is 8.03. The minimum atomic E-state index is -0.467. The fourth-order valence-corrected chi connectivity index (χ4v) is 3.14. The maximum atomic E-state index is 9.65. The quantitative estimate of drug-likeness (QED) is 0.786. The normalized spacial score (nSPS) is 13.8. The average molecular weight is 369 g/mol. The van der Waals surface area contributed by atoms with Crippen molar-refractivity contribution < 1.29 is 5.11 Å². The van der Waals surface area contributed by atoms with Crippen molar-refractivity contribution >= 4 is 33.2 Å². The van der Waals surface area contributed by atoms with Gasteiger partial charge < -0.3 is 10.0 Å². The second-order valence-corrected chi connectivity index (χ2v) is 6.52. The number of hydrogen-bond acceptors (Lipinski definition) is 2. The van der Waals surface area contributed by atoms with Crippen molar-refractivity contribution in [1.82, 2.24) is 0 Å². The molecule has 0 amide bonds. The molecule has 0 aliphatic carbocycles. The largest absolute Gasteiger partial charge is 0.389 e. The number of aliphatic hydroxyl groups is 1. The first kappa shape index (κ1) is 16.3. The van der Waals surface area contributed by atoms with E-state index in [-0.39, 0.29) is 6.04 Å². The number of hydrogen-bond donors (Lipinski definition) is 1. The van der Waals surface area contributed by atoms with Crippen molar-refractivity contribution in [3.63, 3.8) is 0 Å². The maximum Gasteiger partial charge on any atom is 0.0762 e. The van der Waals surface area contributed by atoms with Crippen molar-refractivity contribution in [3.05, 3.63) is 63.1 Å². The molecule has 0 aliphatic rings. The molecule has 0 aromatic heterocycles. The van der Waals surface area contributed by atoms with Crippen molar-refractivity contribution in [2.24, 2.45) is 0 Å². The molecule has 2 aromatic rings. The van der Waals surface area contributed by atoms with E-state index < -0.39 is 6.10 Å². The summed E-state index contributed by atoms with van der Waals surface area (Å²) in [7, 11) is 2.05. The number of anilines is 1. The van der Waals surface area contributed by atoms with Gasteiger partial charge in [-0.25, -0.2) is 0 Å². The second kappa shape index (κ2) is 6.82. The van der Waals surface area contributed by atoms with Crippen LogP contribution >= 0.6 is 27.5 Å². The van der Waals surface area contributed by atoms with Crippen LogP contribution in [0.4, 0.5) is 5.69 Å². The van der Waals surface area contributed by atoms with Crippen LogP contribution in [-0.4, -0.2) is 12.2 Å². The van der Waals surface area contributed by atoms with Gasteiger partial charge in [0.05, 0.1) is 17.8 Å². The van der Waals surface area contributed by atoms with Gasteiger partial charge in [-0.15, -0.1) is 0 Å². The Balaban J connectivity index is 2.29. The van der Waals surface area contributed by atoms with Crippen molar-refractivity contribution in [3.8, 4) is 0 Å². The lowest BCUT2D eigenvalue weighted by Crippen LogP contribution is -2.22. The van der Waals surface area contributed by atoms with E-state index in [1.807, 2.05) is 43.4 Å². The Labute approximate surface area is 139 Å². The fourth-order valence-electron chi connectivity index (χ4n) is 2.27. The standard InChI is InChI=1S/C17H19BrClNO/c1-11(13-5-4-6-15(19)9-13)20(3)17-8-7-14(12(2)21)10-16(17)18/h4-12,21H,1-3H3/t11?,12-/m1/s1. The summed E-state index contributed by atoms with van der Waals surface area (Å²) < 4.78 is 0.970. The lowest BCUT2D eigenvalue weighted by Gasteiger charge is -2.29. The van der Waals surface area contributed by atoms with E-state index in [2.05, 4.69) is 33.8 Å². The summed E-state index contributed by atoms with van der Waals surface area (Å²) in [6, 6.07) is 14.0. The van der Waals surface area contributed by atoms with Gasteiger partial charge in [0.2, 0.25) is 0 Å².